The molecule has 0 spiro atoms. The van der Waals surface area contributed by atoms with Crippen molar-refractivity contribution in [2.24, 2.45) is 0 Å². The molecule has 2 aliphatic carbocycles. The third-order valence-corrected chi connectivity index (χ3v) is 6.56. The normalized spacial score (nSPS) is 21.7. The lowest BCUT2D eigenvalue weighted by atomic mass is 9.75. The van der Waals surface area contributed by atoms with Crippen LogP contribution in [0, 0.1) is 0 Å². The second-order valence-electron chi connectivity index (χ2n) is 8.82. The van der Waals surface area contributed by atoms with Gasteiger partial charge in [-0.1, -0.05) is 31.5 Å². The van der Waals surface area contributed by atoms with Gasteiger partial charge < -0.3 is 14.8 Å². The van der Waals surface area contributed by atoms with E-state index >= 15 is 0 Å². The average Bonchev–Trinajstić information content (AvgIpc) is 3.26. The van der Waals surface area contributed by atoms with Crippen LogP contribution in [0.25, 0.3) is 0 Å². The van der Waals surface area contributed by atoms with E-state index < -0.39 is 5.92 Å². The third-order valence-electron chi connectivity index (χ3n) is 6.56. The summed E-state index contributed by atoms with van der Waals surface area (Å²) in [5.41, 5.74) is 3.86. The van der Waals surface area contributed by atoms with Gasteiger partial charge in [0.05, 0.1) is 18.1 Å². The average molecular weight is 424 g/mol. The fraction of sp³-hybridized carbons (Fsp3) is 0.538. The van der Waals surface area contributed by atoms with Crippen molar-refractivity contribution in [2.45, 2.75) is 83.7 Å². The van der Waals surface area contributed by atoms with E-state index in [4.69, 9.17) is 9.47 Å². The van der Waals surface area contributed by atoms with Crippen molar-refractivity contribution < 1.29 is 19.1 Å². The van der Waals surface area contributed by atoms with Crippen molar-refractivity contribution in [2.75, 3.05) is 6.61 Å². The molecule has 0 aromatic heterocycles. The van der Waals surface area contributed by atoms with Gasteiger partial charge in [-0.3, -0.25) is 4.79 Å². The summed E-state index contributed by atoms with van der Waals surface area (Å²) in [6, 6.07) is 7.82. The van der Waals surface area contributed by atoms with Crippen molar-refractivity contribution in [3.05, 3.63) is 52.4 Å². The molecular formula is C26H33NO4. The minimum atomic E-state index is -0.448. The molecule has 0 unspecified atom stereocenters. The van der Waals surface area contributed by atoms with E-state index in [1.54, 1.807) is 0 Å². The number of esters is 1. The molecule has 1 atom stereocenters. The zero-order valence-electron chi connectivity index (χ0n) is 18.7. The van der Waals surface area contributed by atoms with Crippen molar-refractivity contribution in [1.29, 1.82) is 0 Å². The first-order valence-corrected chi connectivity index (χ1v) is 11.8. The molecule has 5 nitrogen and oxygen atoms in total. The first kappa shape index (κ1) is 21.7. The first-order chi connectivity index (χ1) is 15.1. The Bertz CT molecular complexity index is 908. The second kappa shape index (κ2) is 9.71. The van der Waals surface area contributed by atoms with Crippen LogP contribution in [0.1, 0.15) is 83.1 Å². The van der Waals surface area contributed by atoms with Crippen LogP contribution in [0.3, 0.4) is 0 Å². The molecule has 5 heteroatoms. The summed E-state index contributed by atoms with van der Waals surface area (Å²) in [6.45, 7) is 4.66. The number of benzene rings is 1. The van der Waals surface area contributed by atoms with Crippen LogP contribution in [0.5, 0.6) is 5.75 Å². The van der Waals surface area contributed by atoms with Crippen LogP contribution in [0.4, 0.5) is 0 Å². The number of rotatable bonds is 7. The molecule has 31 heavy (non-hydrogen) atoms. The molecule has 166 valence electrons. The van der Waals surface area contributed by atoms with Crippen LogP contribution in [0.15, 0.2) is 46.8 Å². The van der Waals surface area contributed by atoms with E-state index in [9.17, 15) is 9.59 Å². The Balaban J connectivity index is 1.75. The number of allylic oxidation sites excluding steroid dienone is 3. The summed E-state index contributed by atoms with van der Waals surface area (Å²) in [7, 11) is 0. The van der Waals surface area contributed by atoms with Crippen LogP contribution >= 0.6 is 0 Å². The molecular weight excluding hydrogens is 390 g/mol. The van der Waals surface area contributed by atoms with E-state index in [1.165, 1.54) is 0 Å². The zero-order valence-corrected chi connectivity index (χ0v) is 18.7. The monoisotopic (exact) mass is 423 g/mol. The van der Waals surface area contributed by atoms with E-state index in [1.807, 2.05) is 31.2 Å². The Labute approximate surface area is 184 Å². The minimum Gasteiger partial charge on any atom is -0.493 e. The first-order valence-electron chi connectivity index (χ1n) is 11.8. The number of hydrogen-bond acceptors (Lipinski definition) is 5. The number of carbonyl (C=O) groups is 2. The maximum atomic E-state index is 13.4. The molecule has 1 aliphatic heterocycles. The van der Waals surface area contributed by atoms with Gasteiger partial charge in [-0.2, -0.15) is 0 Å². The quantitative estimate of drug-likeness (QED) is 0.475. The van der Waals surface area contributed by atoms with E-state index in [-0.39, 0.29) is 17.9 Å². The van der Waals surface area contributed by atoms with E-state index in [2.05, 4.69) is 12.2 Å². The summed E-state index contributed by atoms with van der Waals surface area (Å²) in [5.74, 6) is 0.0961. The van der Waals surface area contributed by atoms with Crippen LogP contribution in [0.2, 0.25) is 0 Å². The number of hydrogen-bond donors (Lipinski definition) is 1. The van der Waals surface area contributed by atoms with Gasteiger partial charge in [0, 0.05) is 29.0 Å². The second-order valence-corrected chi connectivity index (χ2v) is 8.82. The number of unbranched alkanes of at least 4 members (excludes halogenated alkanes) is 1. The SMILES string of the molecule is CCCCOc1ccccc1[C@H]1C(C(=O)OC2CCCC2)=C(C)NC2=C1C(=O)CCC2. The predicted molar refractivity (Wildman–Crippen MR) is 120 cm³/mol. The fourth-order valence-electron chi connectivity index (χ4n) is 4.96. The number of dihydropyridines is 1. The Hall–Kier alpha value is -2.56. The summed E-state index contributed by atoms with van der Waals surface area (Å²) in [6.07, 6.45) is 8.17. The molecule has 4 rings (SSSR count). The summed E-state index contributed by atoms with van der Waals surface area (Å²) in [5, 5.41) is 3.37. The number of ketones is 1. The lowest BCUT2D eigenvalue weighted by Crippen LogP contribution is -2.35. The van der Waals surface area contributed by atoms with Gasteiger partial charge in [0.1, 0.15) is 11.9 Å². The van der Waals surface area contributed by atoms with Crippen LogP contribution in [-0.2, 0) is 14.3 Å². The highest BCUT2D eigenvalue weighted by atomic mass is 16.5. The summed E-state index contributed by atoms with van der Waals surface area (Å²) < 4.78 is 12.0. The number of ether oxygens (including phenoxy) is 2. The third kappa shape index (κ3) is 4.56. The topological polar surface area (TPSA) is 64.6 Å². The predicted octanol–water partition coefficient (Wildman–Crippen LogP) is 5.32. The highest BCUT2D eigenvalue weighted by Crippen LogP contribution is 2.45. The molecule has 0 saturated heterocycles. The Kier molecular flexibility index (Phi) is 6.79. The molecule has 1 aromatic rings. The maximum Gasteiger partial charge on any atom is 0.337 e. The lowest BCUT2D eigenvalue weighted by molar-refractivity contribution is -0.144. The summed E-state index contributed by atoms with van der Waals surface area (Å²) in [4.78, 5) is 26.5. The highest BCUT2D eigenvalue weighted by molar-refractivity contribution is 6.04. The zero-order chi connectivity index (χ0) is 21.8. The van der Waals surface area contributed by atoms with Gasteiger partial charge in [0.15, 0.2) is 5.78 Å². The number of carbonyl (C=O) groups excluding carboxylic acids is 2. The Morgan fingerprint density at radius 1 is 1.13 bits per heavy atom. The van der Waals surface area contributed by atoms with Gasteiger partial charge in [0.2, 0.25) is 0 Å². The lowest BCUT2D eigenvalue weighted by Gasteiger charge is -2.35. The molecule has 0 radical (unpaired) electrons. The van der Waals surface area contributed by atoms with Gasteiger partial charge in [-0.25, -0.2) is 4.79 Å². The molecule has 0 amide bonds. The summed E-state index contributed by atoms with van der Waals surface area (Å²) >= 11 is 0. The molecule has 1 fully saturated rings. The molecule has 1 heterocycles. The minimum absolute atomic E-state index is 0.0260. The largest absolute Gasteiger partial charge is 0.493 e. The fourth-order valence-corrected chi connectivity index (χ4v) is 4.96. The van der Waals surface area contributed by atoms with Crippen molar-refractivity contribution in [1.82, 2.24) is 5.32 Å². The van der Waals surface area contributed by atoms with Gasteiger partial charge in [0.25, 0.3) is 0 Å². The van der Waals surface area contributed by atoms with Gasteiger partial charge >= 0.3 is 5.97 Å². The molecule has 1 aromatic carbocycles. The van der Waals surface area contributed by atoms with Crippen molar-refractivity contribution in [3.8, 4) is 5.75 Å². The number of nitrogens with one attached hydrogen (secondary N) is 1. The molecule has 0 bridgehead atoms. The number of para-hydroxylation sites is 1. The highest BCUT2D eigenvalue weighted by Gasteiger charge is 2.41. The van der Waals surface area contributed by atoms with E-state index in [0.29, 0.717) is 24.2 Å². The van der Waals surface area contributed by atoms with Gasteiger partial charge in [-0.15, -0.1) is 0 Å². The molecule has 1 N–H and O–H groups in total. The molecule has 3 aliphatic rings. The van der Waals surface area contributed by atoms with E-state index in [0.717, 1.165) is 74.1 Å². The van der Waals surface area contributed by atoms with Crippen molar-refractivity contribution >= 4 is 11.8 Å². The standard InChI is InChI=1S/C26H33NO4/c1-3-4-16-30-22-15-8-7-12-19(22)24-23(26(29)31-18-10-5-6-11-18)17(2)27-20-13-9-14-21(28)25(20)24/h7-8,12,15,18,24,27H,3-6,9-11,13-14,16H2,1-2H3/t24-/m0/s1. The Morgan fingerprint density at radius 2 is 1.90 bits per heavy atom. The number of Topliss-reactive ketones (excluding diaryl/α,β-unsaturated/α-hetero) is 1. The maximum absolute atomic E-state index is 13.4. The smallest absolute Gasteiger partial charge is 0.337 e. The molecule has 1 saturated carbocycles. The Morgan fingerprint density at radius 3 is 2.68 bits per heavy atom. The van der Waals surface area contributed by atoms with Crippen LogP contribution in [-0.4, -0.2) is 24.5 Å². The van der Waals surface area contributed by atoms with Crippen molar-refractivity contribution in [3.63, 3.8) is 0 Å². The van der Waals surface area contributed by atoms with Gasteiger partial charge in [-0.05, 0) is 57.9 Å². The van der Waals surface area contributed by atoms with Crippen LogP contribution < -0.4 is 10.1 Å².